The van der Waals surface area contributed by atoms with Crippen LogP contribution in [0, 0.1) is 0 Å². The van der Waals surface area contributed by atoms with Crippen molar-refractivity contribution < 1.29 is 23.8 Å². The van der Waals surface area contributed by atoms with E-state index in [2.05, 4.69) is 5.32 Å². The molecule has 1 N–H and O–H groups in total. The number of benzene rings is 3. The largest absolute Gasteiger partial charge is 0.497 e. The van der Waals surface area contributed by atoms with Crippen LogP contribution in [0.3, 0.4) is 0 Å². The standard InChI is InChI=1S/C23H20ClNO5/c1-28-19-13-9-18(10-14-19)25-23(27)22(16-5-3-2-4-6-16)30-21(26)15-29-20-11-7-17(24)8-12-20/h2-14,22H,15H2,1H3,(H,25,27). The Kier molecular flexibility index (Phi) is 7.29. The van der Waals surface area contributed by atoms with Gasteiger partial charge in [-0.1, -0.05) is 41.9 Å². The lowest BCUT2D eigenvalue weighted by Gasteiger charge is -2.18. The number of halogens is 1. The van der Waals surface area contributed by atoms with Crippen molar-refractivity contribution in [2.24, 2.45) is 0 Å². The molecule has 0 aliphatic carbocycles. The molecule has 1 unspecified atom stereocenters. The molecule has 7 heteroatoms. The molecular weight excluding hydrogens is 406 g/mol. The summed E-state index contributed by atoms with van der Waals surface area (Å²) in [5.74, 6) is -0.0245. The Bertz CT molecular complexity index is 975. The fourth-order valence-electron chi connectivity index (χ4n) is 2.62. The summed E-state index contributed by atoms with van der Waals surface area (Å²) in [4.78, 5) is 25.2. The zero-order valence-electron chi connectivity index (χ0n) is 16.2. The summed E-state index contributed by atoms with van der Waals surface area (Å²) < 4.78 is 15.9. The number of hydrogen-bond donors (Lipinski definition) is 1. The first-order valence-electron chi connectivity index (χ1n) is 9.13. The number of ether oxygens (including phenoxy) is 3. The van der Waals surface area contributed by atoms with Crippen LogP contribution in [-0.2, 0) is 14.3 Å². The fraction of sp³-hybridized carbons (Fsp3) is 0.130. The van der Waals surface area contributed by atoms with E-state index < -0.39 is 18.0 Å². The molecule has 1 atom stereocenters. The van der Waals surface area contributed by atoms with E-state index in [1.807, 2.05) is 6.07 Å². The van der Waals surface area contributed by atoms with Gasteiger partial charge in [-0.25, -0.2) is 4.79 Å². The lowest BCUT2D eigenvalue weighted by atomic mass is 10.1. The zero-order valence-corrected chi connectivity index (χ0v) is 17.0. The molecule has 3 aromatic rings. The Hall–Kier alpha value is -3.51. The minimum absolute atomic E-state index is 0.346. The first kappa shape index (κ1) is 21.2. The van der Waals surface area contributed by atoms with Crippen molar-refractivity contribution in [3.8, 4) is 11.5 Å². The molecule has 0 heterocycles. The van der Waals surface area contributed by atoms with Crippen molar-refractivity contribution in [3.05, 3.63) is 89.4 Å². The van der Waals surface area contributed by atoms with E-state index in [0.29, 0.717) is 27.8 Å². The van der Waals surface area contributed by atoms with E-state index in [1.165, 1.54) is 0 Å². The second-order valence-corrected chi connectivity index (χ2v) is 6.68. The Morgan fingerprint density at radius 3 is 2.17 bits per heavy atom. The fourth-order valence-corrected chi connectivity index (χ4v) is 2.75. The average molecular weight is 426 g/mol. The highest BCUT2D eigenvalue weighted by atomic mass is 35.5. The van der Waals surface area contributed by atoms with Crippen LogP contribution in [-0.4, -0.2) is 25.6 Å². The summed E-state index contributed by atoms with van der Waals surface area (Å²) >= 11 is 5.83. The van der Waals surface area contributed by atoms with Crippen molar-refractivity contribution in [1.82, 2.24) is 0 Å². The Balaban J connectivity index is 1.67. The van der Waals surface area contributed by atoms with Gasteiger partial charge in [0.2, 0.25) is 6.10 Å². The highest BCUT2D eigenvalue weighted by molar-refractivity contribution is 6.30. The van der Waals surface area contributed by atoms with E-state index in [9.17, 15) is 9.59 Å². The average Bonchev–Trinajstić information content (AvgIpc) is 2.78. The van der Waals surface area contributed by atoms with Crippen LogP contribution in [0.5, 0.6) is 11.5 Å². The molecule has 0 saturated carbocycles. The van der Waals surface area contributed by atoms with Crippen LogP contribution < -0.4 is 14.8 Å². The molecule has 3 aromatic carbocycles. The molecule has 0 aliphatic rings. The van der Waals surface area contributed by atoms with Gasteiger partial charge in [0.15, 0.2) is 6.61 Å². The van der Waals surface area contributed by atoms with Crippen LogP contribution >= 0.6 is 11.6 Å². The number of anilines is 1. The van der Waals surface area contributed by atoms with Gasteiger partial charge in [0, 0.05) is 16.3 Å². The molecular formula is C23H20ClNO5. The molecule has 6 nitrogen and oxygen atoms in total. The topological polar surface area (TPSA) is 73.9 Å². The lowest BCUT2D eigenvalue weighted by molar-refractivity contribution is -0.156. The van der Waals surface area contributed by atoms with E-state index in [1.54, 1.807) is 79.9 Å². The molecule has 0 radical (unpaired) electrons. The second kappa shape index (κ2) is 10.3. The maximum atomic E-state index is 12.8. The molecule has 30 heavy (non-hydrogen) atoms. The normalized spacial score (nSPS) is 11.3. The molecule has 0 spiro atoms. The number of nitrogens with one attached hydrogen (secondary N) is 1. The molecule has 3 rings (SSSR count). The van der Waals surface area contributed by atoms with Gasteiger partial charge in [-0.15, -0.1) is 0 Å². The number of carbonyl (C=O) groups excluding carboxylic acids is 2. The minimum Gasteiger partial charge on any atom is -0.497 e. The van der Waals surface area contributed by atoms with Crippen molar-refractivity contribution >= 4 is 29.2 Å². The first-order valence-corrected chi connectivity index (χ1v) is 9.50. The maximum Gasteiger partial charge on any atom is 0.345 e. The van der Waals surface area contributed by atoms with E-state index in [-0.39, 0.29) is 6.61 Å². The molecule has 0 bridgehead atoms. The zero-order chi connectivity index (χ0) is 21.3. The predicted molar refractivity (Wildman–Crippen MR) is 114 cm³/mol. The summed E-state index contributed by atoms with van der Waals surface area (Å²) in [6, 6.07) is 22.2. The monoisotopic (exact) mass is 425 g/mol. The van der Waals surface area contributed by atoms with E-state index in [4.69, 9.17) is 25.8 Å². The molecule has 0 fully saturated rings. The van der Waals surface area contributed by atoms with Gasteiger partial charge < -0.3 is 19.5 Å². The van der Waals surface area contributed by atoms with Gasteiger partial charge in [0.25, 0.3) is 5.91 Å². The van der Waals surface area contributed by atoms with Crippen LogP contribution in [0.2, 0.25) is 5.02 Å². The molecule has 0 saturated heterocycles. The number of hydrogen-bond acceptors (Lipinski definition) is 5. The Morgan fingerprint density at radius 1 is 0.900 bits per heavy atom. The molecule has 154 valence electrons. The highest BCUT2D eigenvalue weighted by Gasteiger charge is 2.25. The first-order chi connectivity index (χ1) is 14.5. The van der Waals surface area contributed by atoms with Gasteiger partial charge in [-0.05, 0) is 48.5 Å². The van der Waals surface area contributed by atoms with E-state index in [0.717, 1.165) is 0 Å². The number of methoxy groups -OCH3 is 1. The summed E-state index contributed by atoms with van der Waals surface area (Å²) in [7, 11) is 1.56. The smallest absolute Gasteiger partial charge is 0.345 e. The van der Waals surface area contributed by atoms with E-state index >= 15 is 0 Å². The summed E-state index contributed by atoms with van der Waals surface area (Å²) in [6.07, 6.45) is -1.13. The van der Waals surface area contributed by atoms with Gasteiger partial charge in [0.1, 0.15) is 11.5 Å². The molecule has 1 amide bonds. The van der Waals surface area contributed by atoms with Gasteiger partial charge in [-0.3, -0.25) is 4.79 Å². The lowest BCUT2D eigenvalue weighted by Crippen LogP contribution is -2.27. The SMILES string of the molecule is COc1ccc(NC(=O)C(OC(=O)COc2ccc(Cl)cc2)c2ccccc2)cc1. The summed E-state index contributed by atoms with van der Waals surface area (Å²) in [5.41, 5.74) is 1.10. The Morgan fingerprint density at radius 2 is 1.53 bits per heavy atom. The summed E-state index contributed by atoms with van der Waals surface area (Å²) in [5, 5.41) is 3.31. The third kappa shape index (κ3) is 5.99. The maximum absolute atomic E-state index is 12.8. The van der Waals surface area contributed by atoms with Crippen LogP contribution in [0.1, 0.15) is 11.7 Å². The van der Waals surface area contributed by atoms with Crippen LogP contribution in [0.25, 0.3) is 0 Å². The van der Waals surface area contributed by atoms with Gasteiger partial charge in [0.05, 0.1) is 7.11 Å². The molecule has 0 aliphatic heterocycles. The summed E-state index contributed by atoms with van der Waals surface area (Å²) in [6.45, 7) is -0.346. The van der Waals surface area contributed by atoms with Crippen molar-refractivity contribution in [1.29, 1.82) is 0 Å². The van der Waals surface area contributed by atoms with Crippen molar-refractivity contribution in [3.63, 3.8) is 0 Å². The van der Waals surface area contributed by atoms with Crippen LogP contribution in [0.4, 0.5) is 5.69 Å². The van der Waals surface area contributed by atoms with Crippen molar-refractivity contribution in [2.45, 2.75) is 6.10 Å². The quantitative estimate of drug-likeness (QED) is 0.532. The number of esters is 1. The van der Waals surface area contributed by atoms with Crippen LogP contribution in [0.15, 0.2) is 78.9 Å². The molecule has 0 aromatic heterocycles. The highest BCUT2D eigenvalue weighted by Crippen LogP contribution is 2.22. The number of amides is 1. The number of rotatable bonds is 8. The van der Waals surface area contributed by atoms with Gasteiger partial charge >= 0.3 is 5.97 Å². The Labute approximate surface area is 179 Å². The van der Waals surface area contributed by atoms with Crippen molar-refractivity contribution in [2.75, 3.05) is 19.0 Å². The predicted octanol–water partition coefficient (Wildman–Crippen LogP) is 4.65. The number of carbonyl (C=O) groups is 2. The van der Waals surface area contributed by atoms with Gasteiger partial charge in [-0.2, -0.15) is 0 Å². The third-order valence-corrected chi connectivity index (χ3v) is 4.37. The third-order valence-electron chi connectivity index (χ3n) is 4.12. The second-order valence-electron chi connectivity index (χ2n) is 6.24. The minimum atomic E-state index is -1.13.